The number of rotatable bonds is 35. The third-order valence-electron chi connectivity index (χ3n) is 8.08. The Hall–Kier alpha value is -2.89. The highest BCUT2D eigenvalue weighted by molar-refractivity contribution is 7.45. The van der Waals surface area contributed by atoms with E-state index in [1.807, 2.05) is 64.5 Å². The van der Waals surface area contributed by atoms with Crippen LogP contribution in [-0.2, 0) is 32.7 Å². The summed E-state index contributed by atoms with van der Waals surface area (Å²) >= 11 is 0. The fourth-order valence-corrected chi connectivity index (χ4v) is 5.50. The zero-order valence-corrected chi connectivity index (χ0v) is 35.9. The van der Waals surface area contributed by atoms with Crippen LogP contribution in [-0.4, -0.2) is 92.5 Å². The number of nitrogens with zero attached hydrogens (tertiary/aromatic N) is 1. The van der Waals surface area contributed by atoms with Gasteiger partial charge in [-0.25, -0.2) is 0 Å². The van der Waals surface area contributed by atoms with Crippen LogP contribution in [0.15, 0.2) is 85.1 Å². The molecule has 0 spiro atoms. The van der Waals surface area contributed by atoms with E-state index in [1.54, 1.807) is 36.5 Å². The molecule has 0 heterocycles. The molecule has 1 unspecified atom stereocenters. The van der Waals surface area contributed by atoms with Crippen molar-refractivity contribution in [3.05, 3.63) is 85.1 Å². The first kappa shape index (κ1) is 53.1. The van der Waals surface area contributed by atoms with Crippen molar-refractivity contribution in [1.29, 1.82) is 0 Å². The molecule has 320 valence electrons. The van der Waals surface area contributed by atoms with Gasteiger partial charge in [0.15, 0.2) is 6.10 Å². The van der Waals surface area contributed by atoms with Crippen LogP contribution in [0.2, 0.25) is 0 Å². The van der Waals surface area contributed by atoms with Crippen molar-refractivity contribution in [3.8, 4) is 0 Å². The van der Waals surface area contributed by atoms with Gasteiger partial charge in [0.2, 0.25) is 0 Å². The van der Waals surface area contributed by atoms with Crippen LogP contribution >= 0.6 is 7.82 Å². The topological polar surface area (TPSA) is 152 Å². The van der Waals surface area contributed by atoms with Crippen LogP contribution in [0.5, 0.6) is 0 Å². The zero-order valence-electron chi connectivity index (χ0n) is 35.0. The highest BCUT2D eigenvalue weighted by Gasteiger charge is 2.21. The summed E-state index contributed by atoms with van der Waals surface area (Å²) in [6, 6.07) is 0. The number of phosphoric acid groups is 1. The molecular formula is C44H74NO10P. The number of likely N-dealkylation sites (N-methyl/N-ethyl adjacent to an activating group) is 1. The number of allylic oxidation sites excluding steroid dienone is 10. The zero-order chi connectivity index (χ0) is 41.8. The first-order valence-electron chi connectivity index (χ1n) is 20.5. The van der Waals surface area contributed by atoms with Gasteiger partial charge < -0.3 is 38.1 Å². The Labute approximate surface area is 338 Å². The summed E-state index contributed by atoms with van der Waals surface area (Å²) in [5, 5.41) is 20.0. The number of hydrogen-bond donors (Lipinski definition) is 2. The number of phosphoric ester groups is 1. The molecular weight excluding hydrogens is 733 g/mol. The van der Waals surface area contributed by atoms with Crippen LogP contribution in [0.4, 0.5) is 0 Å². The maximum absolute atomic E-state index is 12.6. The molecule has 0 fully saturated rings. The Bertz CT molecular complexity index is 1260. The Morgan fingerprint density at radius 2 is 1.27 bits per heavy atom. The molecule has 0 rings (SSSR count). The summed E-state index contributed by atoms with van der Waals surface area (Å²) in [4.78, 5) is 37.4. The van der Waals surface area contributed by atoms with Gasteiger partial charge in [0.05, 0.1) is 40.0 Å². The lowest BCUT2D eigenvalue weighted by Gasteiger charge is -2.28. The Morgan fingerprint density at radius 1 is 0.679 bits per heavy atom. The van der Waals surface area contributed by atoms with E-state index < -0.39 is 44.7 Å². The van der Waals surface area contributed by atoms with Crippen molar-refractivity contribution in [2.45, 2.75) is 135 Å². The van der Waals surface area contributed by atoms with E-state index in [2.05, 4.69) is 19.1 Å². The molecule has 0 saturated heterocycles. The molecule has 0 aromatic heterocycles. The normalized spacial score (nSPS) is 15.6. The fourth-order valence-electron chi connectivity index (χ4n) is 4.78. The number of hydrogen-bond acceptors (Lipinski definition) is 10. The number of esters is 2. The first-order valence-corrected chi connectivity index (χ1v) is 22.0. The quantitative estimate of drug-likeness (QED) is 0.0159. The monoisotopic (exact) mass is 808 g/mol. The van der Waals surface area contributed by atoms with Crippen LogP contribution in [0.3, 0.4) is 0 Å². The summed E-state index contributed by atoms with van der Waals surface area (Å²) in [5.74, 6) is -1.02. The predicted molar refractivity (Wildman–Crippen MR) is 224 cm³/mol. The highest BCUT2D eigenvalue weighted by atomic mass is 31.2. The van der Waals surface area contributed by atoms with Gasteiger partial charge in [0, 0.05) is 12.8 Å². The summed E-state index contributed by atoms with van der Waals surface area (Å²) in [6.45, 7) is 3.74. The predicted octanol–water partition coefficient (Wildman–Crippen LogP) is 8.55. The molecule has 2 N–H and O–H groups in total. The van der Waals surface area contributed by atoms with Gasteiger partial charge in [0.25, 0.3) is 7.82 Å². The largest absolute Gasteiger partial charge is 0.756 e. The number of quaternary nitrogens is 1. The maximum Gasteiger partial charge on any atom is 0.306 e. The van der Waals surface area contributed by atoms with Crippen molar-refractivity contribution in [2.24, 2.45) is 0 Å². The van der Waals surface area contributed by atoms with Gasteiger partial charge >= 0.3 is 11.9 Å². The van der Waals surface area contributed by atoms with E-state index in [9.17, 15) is 29.3 Å². The van der Waals surface area contributed by atoms with Gasteiger partial charge in [-0.15, -0.1) is 0 Å². The summed E-state index contributed by atoms with van der Waals surface area (Å²) < 4.78 is 33.6. The van der Waals surface area contributed by atoms with Crippen molar-refractivity contribution in [1.82, 2.24) is 0 Å². The second-order valence-electron chi connectivity index (χ2n) is 14.7. The molecule has 0 bridgehead atoms. The average Bonchev–Trinajstić information content (AvgIpc) is 3.13. The second-order valence-corrected chi connectivity index (χ2v) is 16.1. The minimum Gasteiger partial charge on any atom is -0.756 e. The summed E-state index contributed by atoms with van der Waals surface area (Å²) in [7, 11) is 1.03. The Balaban J connectivity index is 4.68. The van der Waals surface area contributed by atoms with E-state index >= 15 is 0 Å². The second kappa shape index (κ2) is 35.3. The maximum atomic E-state index is 12.6. The van der Waals surface area contributed by atoms with Crippen LogP contribution in [0.25, 0.3) is 0 Å². The van der Waals surface area contributed by atoms with Gasteiger partial charge in [-0.1, -0.05) is 131 Å². The molecule has 56 heavy (non-hydrogen) atoms. The Kier molecular flexibility index (Phi) is 33.5. The van der Waals surface area contributed by atoms with Crippen molar-refractivity contribution in [3.63, 3.8) is 0 Å². The van der Waals surface area contributed by atoms with Gasteiger partial charge in [0.1, 0.15) is 19.8 Å². The number of carbonyl (C=O) groups excluding carboxylic acids is 2. The van der Waals surface area contributed by atoms with Gasteiger partial charge in [-0.3, -0.25) is 14.2 Å². The number of aliphatic hydroxyl groups is 2. The first-order chi connectivity index (χ1) is 26.8. The lowest BCUT2D eigenvalue weighted by atomic mass is 10.1. The lowest BCUT2D eigenvalue weighted by Crippen LogP contribution is -2.37. The molecule has 0 aliphatic carbocycles. The Morgan fingerprint density at radius 3 is 1.91 bits per heavy atom. The molecule has 4 atom stereocenters. The molecule has 0 aliphatic rings. The number of unbranched alkanes of at least 4 members (excludes halogenated alkanes) is 7. The average molecular weight is 808 g/mol. The number of aliphatic hydroxyl groups excluding tert-OH is 2. The van der Waals surface area contributed by atoms with Crippen LogP contribution < -0.4 is 4.89 Å². The van der Waals surface area contributed by atoms with Crippen molar-refractivity contribution >= 4 is 19.8 Å². The van der Waals surface area contributed by atoms with E-state index in [-0.39, 0.29) is 26.1 Å². The third kappa shape index (κ3) is 38.0. The van der Waals surface area contributed by atoms with Crippen molar-refractivity contribution < 1.29 is 52.3 Å². The summed E-state index contributed by atoms with van der Waals surface area (Å²) in [5.41, 5.74) is 0. The van der Waals surface area contributed by atoms with Gasteiger partial charge in [-0.2, -0.15) is 0 Å². The van der Waals surface area contributed by atoms with Gasteiger partial charge in [-0.05, 0) is 57.8 Å². The number of carbonyl (C=O) groups is 2. The molecule has 0 radical (unpaired) electrons. The van der Waals surface area contributed by atoms with E-state index in [1.165, 1.54) is 12.8 Å². The van der Waals surface area contributed by atoms with Crippen molar-refractivity contribution in [2.75, 3.05) is 47.5 Å². The lowest BCUT2D eigenvalue weighted by molar-refractivity contribution is -0.870. The van der Waals surface area contributed by atoms with E-state index in [0.717, 1.165) is 44.9 Å². The summed E-state index contributed by atoms with van der Waals surface area (Å²) in [6.07, 6.45) is 37.0. The van der Waals surface area contributed by atoms with Crippen LogP contribution in [0, 0.1) is 0 Å². The van der Waals surface area contributed by atoms with E-state index in [4.69, 9.17) is 18.5 Å². The fraction of sp³-hybridized carbons (Fsp3) is 0.636. The number of ether oxygens (including phenoxy) is 2. The molecule has 0 aromatic rings. The molecule has 0 aromatic carbocycles. The SMILES string of the molecule is CC/C=C\C[C@H](O)/C=C/C=C\C=C\[C@H](O)C/C=C\C/C=C\CCC(=O)O[C@H](COC(=O)CCCCCCC/C=C\CCCC)COP(=O)([O-])OCC[N+](C)(C)C. The minimum atomic E-state index is -4.68. The standard InChI is InChI=1S/C44H74NO10P/c1-6-8-10-11-12-13-14-15-16-20-28-34-43(48)52-38-42(39-54-56(50,51)53-37-36-45(3,4)5)55-44(49)35-29-21-18-17-19-25-31-41(47)33-27-23-22-26-32-40(46)30-24-9-7-2/h9,11-12,18-19,21-27,32-33,40-42,46-47H,6-8,10,13-17,20,28-31,34-39H2,1-5H3/b12-11-,21-18-,23-22-,24-9-,25-19-,32-26+,33-27+/t40-,41+,42+/m0/s1. The molecule has 11 nitrogen and oxygen atoms in total. The third-order valence-corrected chi connectivity index (χ3v) is 9.04. The molecule has 12 heteroatoms. The molecule has 0 aliphatic heterocycles. The highest BCUT2D eigenvalue weighted by Crippen LogP contribution is 2.38. The smallest absolute Gasteiger partial charge is 0.306 e. The molecule has 0 saturated carbocycles. The van der Waals surface area contributed by atoms with E-state index in [0.29, 0.717) is 43.1 Å². The minimum absolute atomic E-state index is 0.0370. The van der Waals surface area contributed by atoms with Crippen LogP contribution in [0.1, 0.15) is 117 Å². The molecule has 0 amide bonds.